The van der Waals surface area contributed by atoms with E-state index in [0.29, 0.717) is 18.0 Å². The smallest absolute Gasteiger partial charge is 0.244 e. The lowest BCUT2D eigenvalue weighted by Gasteiger charge is -2.15. The zero-order chi connectivity index (χ0) is 10.8. The van der Waals surface area contributed by atoms with Crippen LogP contribution < -0.4 is 4.90 Å². The second kappa shape index (κ2) is 3.92. The Bertz CT molecular complexity index is 421. The Kier molecular flexibility index (Phi) is 2.61. The van der Waals surface area contributed by atoms with E-state index in [0.717, 1.165) is 5.69 Å². The third kappa shape index (κ3) is 1.81. The number of nitriles is 1. The summed E-state index contributed by atoms with van der Waals surface area (Å²) in [5.41, 5.74) is 0.808. The summed E-state index contributed by atoms with van der Waals surface area (Å²) >= 11 is 5.75. The lowest BCUT2D eigenvalue weighted by molar-refractivity contribution is -0.118. The highest BCUT2D eigenvalue weighted by atomic mass is 35.5. The van der Waals surface area contributed by atoms with Crippen LogP contribution in [0.3, 0.4) is 0 Å². The number of anilines is 1. The van der Waals surface area contributed by atoms with E-state index in [1.165, 1.54) is 0 Å². The predicted octanol–water partition coefficient (Wildman–Crippen LogP) is 2.22. The minimum Gasteiger partial charge on any atom is -0.311 e. The average molecular weight is 221 g/mol. The molecule has 1 aliphatic heterocycles. The first-order valence-electron chi connectivity index (χ1n) is 4.69. The van der Waals surface area contributed by atoms with E-state index in [2.05, 4.69) is 0 Å². The van der Waals surface area contributed by atoms with Crippen LogP contribution in [0.1, 0.15) is 6.42 Å². The Balaban J connectivity index is 2.23. The molecule has 4 heteroatoms. The Labute approximate surface area is 92.9 Å². The van der Waals surface area contributed by atoms with Crippen molar-refractivity contribution < 1.29 is 4.79 Å². The fourth-order valence-corrected chi connectivity index (χ4v) is 1.80. The van der Waals surface area contributed by atoms with Gasteiger partial charge < -0.3 is 4.90 Å². The topological polar surface area (TPSA) is 44.1 Å². The van der Waals surface area contributed by atoms with Crippen LogP contribution in [0.15, 0.2) is 24.3 Å². The molecule has 1 fully saturated rings. The summed E-state index contributed by atoms with van der Waals surface area (Å²) in [6, 6.07) is 9.07. The number of halogens is 1. The first-order valence-corrected chi connectivity index (χ1v) is 5.07. The first-order chi connectivity index (χ1) is 7.22. The molecule has 0 aliphatic carbocycles. The van der Waals surface area contributed by atoms with Gasteiger partial charge in [-0.15, -0.1) is 0 Å². The van der Waals surface area contributed by atoms with Gasteiger partial charge in [0.05, 0.1) is 6.07 Å². The van der Waals surface area contributed by atoms with Crippen molar-refractivity contribution in [3.63, 3.8) is 0 Å². The molecule has 1 aliphatic rings. The van der Waals surface area contributed by atoms with E-state index in [-0.39, 0.29) is 5.91 Å². The third-order valence-corrected chi connectivity index (χ3v) is 2.75. The Morgan fingerprint density at radius 2 is 2.07 bits per heavy atom. The standard InChI is InChI=1S/C11H9ClN2O/c12-9-1-3-10(4-2-9)14-6-5-8(7-13)11(14)15/h1-4,8H,5-6H2/t8-/m0/s1. The van der Waals surface area contributed by atoms with Gasteiger partial charge in [-0.3, -0.25) is 4.79 Å². The monoisotopic (exact) mass is 220 g/mol. The molecule has 15 heavy (non-hydrogen) atoms. The van der Waals surface area contributed by atoms with Crippen molar-refractivity contribution in [2.24, 2.45) is 5.92 Å². The van der Waals surface area contributed by atoms with Gasteiger partial charge in [-0.25, -0.2) is 0 Å². The van der Waals surface area contributed by atoms with Crippen molar-refractivity contribution in [2.75, 3.05) is 11.4 Å². The van der Waals surface area contributed by atoms with Crippen molar-refractivity contribution in [1.29, 1.82) is 5.26 Å². The maximum absolute atomic E-state index is 11.7. The molecule has 2 rings (SSSR count). The van der Waals surface area contributed by atoms with Crippen molar-refractivity contribution >= 4 is 23.2 Å². The molecule has 0 bridgehead atoms. The zero-order valence-corrected chi connectivity index (χ0v) is 8.74. The van der Waals surface area contributed by atoms with Gasteiger partial charge in [0, 0.05) is 17.3 Å². The molecule has 0 radical (unpaired) electrons. The number of amides is 1. The Morgan fingerprint density at radius 3 is 2.60 bits per heavy atom. The van der Waals surface area contributed by atoms with Gasteiger partial charge in [-0.2, -0.15) is 5.26 Å². The summed E-state index contributed by atoms with van der Waals surface area (Å²) in [7, 11) is 0. The maximum atomic E-state index is 11.7. The first kappa shape index (κ1) is 10.0. The minimum atomic E-state index is -0.485. The fourth-order valence-electron chi connectivity index (χ4n) is 1.68. The quantitative estimate of drug-likeness (QED) is 0.729. The van der Waals surface area contributed by atoms with Gasteiger partial charge in [0.15, 0.2) is 0 Å². The van der Waals surface area contributed by atoms with Crippen LogP contribution in [0.4, 0.5) is 5.69 Å². The van der Waals surface area contributed by atoms with Crippen molar-refractivity contribution in [2.45, 2.75) is 6.42 Å². The number of hydrogen-bond acceptors (Lipinski definition) is 2. The summed E-state index contributed by atoms with van der Waals surface area (Å²) in [5.74, 6) is -0.597. The van der Waals surface area contributed by atoms with Crippen LogP contribution in [-0.2, 0) is 4.79 Å². The summed E-state index contributed by atoms with van der Waals surface area (Å²) in [6.07, 6.45) is 0.609. The van der Waals surface area contributed by atoms with Gasteiger partial charge in [-0.1, -0.05) is 11.6 Å². The van der Waals surface area contributed by atoms with E-state index < -0.39 is 5.92 Å². The maximum Gasteiger partial charge on any atom is 0.244 e. The van der Waals surface area contributed by atoms with Crippen molar-refractivity contribution in [3.8, 4) is 6.07 Å². The van der Waals surface area contributed by atoms with Gasteiger partial charge in [0.25, 0.3) is 0 Å². The zero-order valence-electron chi connectivity index (χ0n) is 7.98. The molecule has 76 valence electrons. The van der Waals surface area contributed by atoms with Gasteiger partial charge in [0.1, 0.15) is 5.92 Å². The second-order valence-corrected chi connectivity index (χ2v) is 3.87. The van der Waals surface area contributed by atoms with Crippen LogP contribution in [0.25, 0.3) is 0 Å². The van der Waals surface area contributed by atoms with Crippen molar-refractivity contribution in [1.82, 2.24) is 0 Å². The highest BCUT2D eigenvalue weighted by Crippen LogP contribution is 2.25. The molecule has 0 unspecified atom stereocenters. The second-order valence-electron chi connectivity index (χ2n) is 3.44. The van der Waals surface area contributed by atoms with E-state index in [4.69, 9.17) is 16.9 Å². The van der Waals surface area contributed by atoms with E-state index in [1.807, 2.05) is 6.07 Å². The highest BCUT2D eigenvalue weighted by Gasteiger charge is 2.32. The van der Waals surface area contributed by atoms with Gasteiger partial charge >= 0.3 is 0 Å². The molecule has 1 amide bonds. The van der Waals surface area contributed by atoms with Crippen LogP contribution in [-0.4, -0.2) is 12.5 Å². The van der Waals surface area contributed by atoms with E-state index >= 15 is 0 Å². The van der Waals surface area contributed by atoms with E-state index in [1.54, 1.807) is 29.2 Å². The summed E-state index contributed by atoms with van der Waals surface area (Å²) < 4.78 is 0. The minimum absolute atomic E-state index is 0.111. The molecule has 1 heterocycles. The molecule has 1 atom stereocenters. The molecule has 1 aromatic rings. The van der Waals surface area contributed by atoms with Crippen LogP contribution in [0, 0.1) is 17.2 Å². The van der Waals surface area contributed by atoms with Crippen LogP contribution >= 0.6 is 11.6 Å². The molecule has 0 aromatic heterocycles. The normalized spacial score (nSPS) is 20.4. The number of hydrogen-bond donors (Lipinski definition) is 0. The average Bonchev–Trinajstić information content (AvgIpc) is 2.61. The van der Waals surface area contributed by atoms with Crippen LogP contribution in [0.2, 0.25) is 5.02 Å². The Morgan fingerprint density at radius 1 is 1.40 bits per heavy atom. The number of carbonyl (C=O) groups is 1. The predicted molar refractivity (Wildman–Crippen MR) is 57.5 cm³/mol. The molecule has 3 nitrogen and oxygen atoms in total. The van der Waals surface area contributed by atoms with Gasteiger partial charge in [0.2, 0.25) is 5.91 Å². The van der Waals surface area contributed by atoms with Gasteiger partial charge in [-0.05, 0) is 30.7 Å². The molecule has 0 spiro atoms. The lowest BCUT2D eigenvalue weighted by Crippen LogP contribution is -2.26. The number of benzene rings is 1. The van der Waals surface area contributed by atoms with Crippen molar-refractivity contribution in [3.05, 3.63) is 29.3 Å². The number of carbonyl (C=O) groups excluding carboxylic acids is 1. The van der Waals surface area contributed by atoms with E-state index in [9.17, 15) is 4.79 Å². The molecular weight excluding hydrogens is 212 g/mol. The molecular formula is C11H9ClN2O. The summed E-state index contributed by atoms with van der Waals surface area (Å²) in [5, 5.41) is 9.37. The third-order valence-electron chi connectivity index (χ3n) is 2.50. The Hall–Kier alpha value is -1.53. The van der Waals surface area contributed by atoms with Crippen LogP contribution in [0.5, 0.6) is 0 Å². The summed E-state index contributed by atoms with van der Waals surface area (Å²) in [4.78, 5) is 13.3. The molecule has 1 saturated heterocycles. The fraction of sp³-hybridized carbons (Fsp3) is 0.273. The molecule has 1 aromatic carbocycles. The lowest BCUT2D eigenvalue weighted by atomic mass is 10.1. The largest absolute Gasteiger partial charge is 0.311 e. The highest BCUT2D eigenvalue weighted by molar-refractivity contribution is 6.30. The number of rotatable bonds is 1. The summed E-state index contributed by atoms with van der Waals surface area (Å²) in [6.45, 7) is 0.610. The SMILES string of the molecule is N#C[C@@H]1CCN(c2ccc(Cl)cc2)C1=O. The molecule has 0 N–H and O–H groups in total. The molecule has 0 saturated carbocycles. The number of nitrogens with zero attached hydrogens (tertiary/aromatic N) is 2.